The summed E-state index contributed by atoms with van der Waals surface area (Å²) in [5, 5.41) is 3.90. The van der Waals surface area contributed by atoms with E-state index in [1.54, 1.807) is 18.2 Å². The third kappa shape index (κ3) is 5.26. The van der Waals surface area contributed by atoms with Crippen LogP contribution < -0.4 is 15.6 Å². The van der Waals surface area contributed by atoms with Crippen LogP contribution in [0, 0.1) is 27.7 Å². The first kappa shape index (κ1) is 21.1. The minimum atomic E-state index is -0.344. The summed E-state index contributed by atoms with van der Waals surface area (Å²) in [4.78, 5) is 24.4. The predicted octanol–water partition coefficient (Wildman–Crippen LogP) is 3.49. The van der Waals surface area contributed by atoms with E-state index in [4.69, 9.17) is 9.26 Å². The highest BCUT2D eigenvalue weighted by molar-refractivity contribution is 5.96. The van der Waals surface area contributed by atoms with Crippen LogP contribution in [0.4, 0.5) is 0 Å². The van der Waals surface area contributed by atoms with Gasteiger partial charge >= 0.3 is 0 Å². The van der Waals surface area contributed by atoms with Gasteiger partial charge in [-0.3, -0.25) is 20.4 Å². The highest BCUT2D eigenvalue weighted by atomic mass is 16.5. The summed E-state index contributed by atoms with van der Waals surface area (Å²) in [6, 6.07) is 12.8. The summed E-state index contributed by atoms with van der Waals surface area (Å²) in [6.45, 7) is 7.91. The molecule has 2 amide bonds. The largest absolute Gasteiger partial charge is 0.489 e. The Morgan fingerprint density at radius 2 is 1.73 bits per heavy atom. The molecule has 0 saturated carbocycles. The molecule has 2 aromatic carbocycles. The number of carbonyl (C=O) groups is 2. The van der Waals surface area contributed by atoms with E-state index in [1.165, 1.54) is 0 Å². The molecule has 3 aromatic rings. The molecule has 7 nitrogen and oxygen atoms in total. The molecule has 30 heavy (non-hydrogen) atoms. The number of amides is 2. The number of nitrogens with one attached hydrogen (secondary N) is 2. The third-order valence-electron chi connectivity index (χ3n) is 4.79. The molecule has 0 unspecified atom stereocenters. The van der Waals surface area contributed by atoms with Gasteiger partial charge in [-0.15, -0.1) is 0 Å². The van der Waals surface area contributed by atoms with E-state index in [0.717, 1.165) is 33.7 Å². The van der Waals surface area contributed by atoms with E-state index in [2.05, 4.69) is 16.0 Å². The zero-order valence-electron chi connectivity index (χ0n) is 17.5. The van der Waals surface area contributed by atoms with Crippen molar-refractivity contribution >= 4 is 11.8 Å². The summed E-state index contributed by atoms with van der Waals surface area (Å²) in [6.07, 6.45) is 0.136. The lowest BCUT2D eigenvalue weighted by Crippen LogP contribution is -2.42. The maximum Gasteiger partial charge on any atom is 0.269 e. The molecule has 0 radical (unpaired) electrons. The number of hydrogen-bond donors (Lipinski definition) is 2. The van der Waals surface area contributed by atoms with Crippen molar-refractivity contribution in [1.82, 2.24) is 16.0 Å². The Kier molecular flexibility index (Phi) is 6.51. The van der Waals surface area contributed by atoms with Gasteiger partial charge in [-0.05, 0) is 57.0 Å². The molecule has 0 fully saturated rings. The number of nitrogens with zero attached hydrogens (tertiary/aromatic N) is 1. The number of carbonyl (C=O) groups excluding carboxylic acids is 2. The molecule has 1 heterocycles. The second kappa shape index (κ2) is 9.26. The van der Waals surface area contributed by atoms with Gasteiger partial charge in [0.2, 0.25) is 5.91 Å². The SMILES string of the molecule is Cc1ccc(C(=O)NNC(=O)Cc2ccc(OCc3c(C)noc3C)cc2)c(C)c1. The molecule has 0 saturated heterocycles. The van der Waals surface area contributed by atoms with Crippen molar-refractivity contribution in [3.05, 3.63) is 81.7 Å². The monoisotopic (exact) mass is 407 g/mol. The summed E-state index contributed by atoms with van der Waals surface area (Å²) < 4.78 is 10.9. The fourth-order valence-corrected chi connectivity index (χ4v) is 3.06. The minimum absolute atomic E-state index is 0.136. The summed E-state index contributed by atoms with van der Waals surface area (Å²) >= 11 is 0. The first-order valence-electron chi connectivity index (χ1n) is 9.63. The van der Waals surface area contributed by atoms with Crippen molar-refractivity contribution in [2.24, 2.45) is 0 Å². The zero-order valence-corrected chi connectivity index (χ0v) is 17.5. The van der Waals surface area contributed by atoms with Gasteiger partial charge in [0.15, 0.2) is 0 Å². The van der Waals surface area contributed by atoms with Gasteiger partial charge in [-0.1, -0.05) is 35.0 Å². The van der Waals surface area contributed by atoms with E-state index >= 15 is 0 Å². The van der Waals surface area contributed by atoms with E-state index in [9.17, 15) is 9.59 Å². The first-order chi connectivity index (χ1) is 14.3. The maximum atomic E-state index is 12.2. The normalized spacial score (nSPS) is 10.5. The number of aryl methyl sites for hydroxylation is 4. The molecule has 0 aliphatic rings. The van der Waals surface area contributed by atoms with Crippen molar-refractivity contribution < 1.29 is 18.8 Å². The van der Waals surface area contributed by atoms with Crippen LogP contribution in [0.3, 0.4) is 0 Å². The van der Waals surface area contributed by atoms with E-state index in [-0.39, 0.29) is 18.2 Å². The highest BCUT2D eigenvalue weighted by Gasteiger charge is 2.12. The Balaban J connectivity index is 1.49. The Hall–Kier alpha value is -3.61. The third-order valence-corrected chi connectivity index (χ3v) is 4.79. The summed E-state index contributed by atoms with van der Waals surface area (Å²) in [5.41, 5.74) is 9.92. The lowest BCUT2D eigenvalue weighted by molar-refractivity contribution is -0.121. The van der Waals surface area contributed by atoms with Crippen LogP contribution in [-0.2, 0) is 17.8 Å². The average molecular weight is 407 g/mol. The molecule has 7 heteroatoms. The Bertz CT molecular complexity index is 1040. The maximum absolute atomic E-state index is 12.2. The van der Waals surface area contributed by atoms with Crippen LogP contribution in [0.15, 0.2) is 47.0 Å². The zero-order chi connectivity index (χ0) is 21.7. The van der Waals surface area contributed by atoms with E-state index in [1.807, 2.05) is 52.0 Å². The Morgan fingerprint density at radius 1 is 1.00 bits per heavy atom. The van der Waals surface area contributed by atoms with Crippen LogP contribution in [-0.4, -0.2) is 17.0 Å². The molecule has 0 aliphatic carbocycles. The van der Waals surface area contributed by atoms with Gasteiger partial charge in [0.25, 0.3) is 5.91 Å². The summed E-state index contributed by atoms with van der Waals surface area (Å²) in [7, 11) is 0. The molecular formula is C23H25N3O4. The van der Waals surface area contributed by atoms with Crippen molar-refractivity contribution in [2.75, 3.05) is 0 Å². The molecule has 156 valence electrons. The molecular weight excluding hydrogens is 382 g/mol. The predicted molar refractivity (Wildman–Crippen MR) is 112 cm³/mol. The molecule has 0 spiro atoms. The lowest BCUT2D eigenvalue weighted by Gasteiger charge is -2.10. The van der Waals surface area contributed by atoms with Crippen LogP contribution in [0.2, 0.25) is 0 Å². The van der Waals surface area contributed by atoms with Crippen LogP contribution >= 0.6 is 0 Å². The van der Waals surface area contributed by atoms with Gasteiger partial charge in [0.05, 0.1) is 17.7 Å². The molecule has 0 bridgehead atoms. The second-order valence-corrected chi connectivity index (χ2v) is 7.23. The second-order valence-electron chi connectivity index (χ2n) is 7.23. The Labute approximate surface area is 175 Å². The average Bonchev–Trinajstić information content (AvgIpc) is 3.03. The first-order valence-corrected chi connectivity index (χ1v) is 9.63. The van der Waals surface area contributed by atoms with Crippen LogP contribution in [0.5, 0.6) is 5.75 Å². The molecule has 0 aliphatic heterocycles. The van der Waals surface area contributed by atoms with E-state index in [0.29, 0.717) is 17.9 Å². The van der Waals surface area contributed by atoms with Gasteiger partial charge in [0, 0.05) is 5.56 Å². The fraction of sp³-hybridized carbons (Fsp3) is 0.261. The molecule has 3 rings (SSSR count). The van der Waals surface area contributed by atoms with Gasteiger partial charge in [0.1, 0.15) is 18.1 Å². The van der Waals surface area contributed by atoms with Gasteiger partial charge < -0.3 is 9.26 Å². The smallest absolute Gasteiger partial charge is 0.269 e. The van der Waals surface area contributed by atoms with Crippen molar-refractivity contribution in [3.8, 4) is 5.75 Å². The van der Waals surface area contributed by atoms with Gasteiger partial charge in [-0.2, -0.15) is 0 Å². The van der Waals surface area contributed by atoms with Crippen LogP contribution in [0.25, 0.3) is 0 Å². The molecule has 0 atom stereocenters. The van der Waals surface area contributed by atoms with E-state index < -0.39 is 0 Å². The number of ether oxygens (including phenoxy) is 1. The molecule has 1 aromatic heterocycles. The number of hydrazine groups is 1. The quantitative estimate of drug-likeness (QED) is 0.610. The van der Waals surface area contributed by atoms with Crippen molar-refractivity contribution in [1.29, 1.82) is 0 Å². The highest BCUT2D eigenvalue weighted by Crippen LogP contribution is 2.18. The lowest BCUT2D eigenvalue weighted by atomic mass is 10.1. The minimum Gasteiger partial charge on any atom is -0.489 e. The summed E-state index contributed by atoms with van der Waals surface area (Å²) in [5.74, 6) is 0.771. The number of rotatable bonds is 6. The topological polar surface area (TPSA) is 93.5 Å². The van der Waals surface area contributed by atoms with Crippen LogP contribution in [0.1, 0.15) is 44.1 Å². The van der Waals surface area contributed by atoms with Crippen molar-refractivity contribution in [2.45, 2.75) is 40.7 Å². The Morgan fingerprint density at radius 3 is 2.37 bits per heavy atom. The number of benzene rings is 2. The number of hydrogen-bond acceptors (Lipinski definition) is 5. The van der Waals surface area contributed by atoms with Crippen molar-refractivity contribution in [3.63, 3.8) is 0 Å². The standard InChI is InChI=1S/C23H25N3O4/c1-14-5-10-20(15(2)11-14)23(28)25-24-22(27)12-18-6-8-19(9-7-18)29-13-21-16(3)26-30-17(21)4/h5-11H,12-13H2,1-4H3,(H,24,27)(H,25,28). The molecule has 2 N–H and O–H groups in total. The number of aromatic nitrogens is 1. The fourth-order valence-electron chi connectivity index (χ4n) is 3.06. The van der Waals surface area contributed by atoms with Gasteiger partial charge in [-0.25, -0.2) is 0 Å².